The van der Waals surface area contributed by atoms with Gasteiger partial charge in [-0.1, -0.05) is 97.3 Å². The van der Waals surface area contributed by atoms with E-state index in [2.05, 4.69) is 13.8 Å². The Morgan fingerprint density at radius 1 is 0.800 bits per heavy atom. The number of hydrogen-bond donors (Lipinski definition) is 1. The second-order valence-electron chi connectivity index (χ2n) is 9.75. The van der Waals surface area contributed by atoms with Crippen LogP contribution in [0.15, 0.2) is 0 Å². The molecule has 2 aliphatic rings. The monoisotopic (exact) mass is 366 g/mol. The zero-order valence-corrected chi connectivity index (χ0v) is 18.4. The SMILES string of the molecule is CCCC1CCCCCCCC(CCS)(C2(C)CCCCCCC2)C1. The van der Waals surface area contributed by atoms with E-state index in [4.69, 9.17) is 12.6 Å². The number of rotatable bonds is 5. The van der Waals surface area contributed by atoms with Crippen LogP contribution < -0.4 is 0 Å². The van der Waals surface area contributed by atoms with Crippen molar-refractivity contribution in [3.05, 3.63) is 0 Å². The normalized spacial score (nSPS) is 32.5. The van der Waals surface area contributed by atoms with Crippen molar-refractivity contribution in [2.45, 2.75) is 129 Å². The fraction of sp³-hybridized carbons (Fsp3) is 1.00. The Bertz CT molecular complexity index is 342. The fourth-order valence-electron chi connectivity index (χ4n) is 6.35. The summed E-state index contributed by atoms with van der Waals surface area (Å²) in [5, 5.41) is 0. The summed E-state index contributed by atoms with van der Waals surface area (Å²) in [5.74, 6) is 2.07. The van der Waals surface area contributed by atoms with Gasteiger partial charge in [0.2, 0.25) is 0 Å². The fourth-order valence-corrected chi connectivity index (χ4v) is 6.77. The number of thiol groups is 1. The van der Waals surface area contributed by atoms with E-state index in [9.17, 15) is 0 Å². The minimum Gasteiger partial charge on any atom is -0.179 e. The van der Waals surface area contributed by atoms with E-state index in [1.165, 1.54) is 116 Å². The van der Waals surface area contributed by atoms with Crippen LogP contribution in [0.5, 0.6) is 0 Å². The van der Waals surface area contributed by atoms with Crippen LogP contribution >= 0.6 is 12.6 Å². The second-order valence-corrected chi connectivity index (χ2v) is 10.2. The Hall–Kier alpha value is 0.350. The predicted octanol–water partition coefficient (Wildman–Crippen LogP) is 8.59. The van der Waals surface area contributed by atoms with Crippen molar-refractivity contribution in [3.8, 4) is 0 Å². The highest BCUT2D eigenvalue weighted by atomic mass is 32.1. The summed E-state index contributed by atoms with van der Waals surface area (Å²) < 4.78 is 0. The topological polar surface area (TPSA) is 0 Å². The highest BCUT2D eigenvalue weighted by Gasteiger charge is 2.47. The minimum absolute atomic E-state index is 0.571. The average Bonchev–Trinajstić information content (AvgIpc) is 2.57. The third-order valence-electron chi connectivity index (χ3n) is 7.97. The zero-order valence-electron chi connectivity index (χ0n) is 17.5. The van der Waals surface area contributed by atoms with Crippen molar-refractivity contribution in [1.29, 1.82) is 0 Å². The molecule has 0 aromatic heterocycles. The van der Waals surface area contributed by atoms with Crippen molar-refractivity contribution < 1.29 is 0 Å². The molecule has 0 aromatic carbocycles. The van der Waals surface area contributed by atoms with Crippen molar-refractivity contribution >= 4 is 12.6 Å². The molecule has 0 saturated heterocycles. The summed E-state index contributed by atoms with van der Waals surface area (Å²) in [7, 11) is 0. The molecule has 0 bridgehead atoms. The first-order chi connectivity index (χ1) is 12.2. The van der Waals surface area contributed by atoms with Crippen LogP contribution in [0.2, 0.25) is 0 Å². The Labute approximate surface area is 164 Å². The molecule has 0 N–H and O–H groups in total. The first-order valence-corrected chi connectivity index (χ1v) is 12.4. The van der Waals surface area contributed by atoms with E-state index < -0.39 is 0 Å². The van der Waals surface area contributed by atoms with Crippen LogP contribution in [0, 0.1) is 16.7 Å². The highest BCUT2D eigenvalue weighted by molar-refractivity contribution is 7.80. The van der Waals surface area contributed by atoms with Crippen molar-refractivity contribution in [3.63, 3.8) is 0 Å². The van der Waals surface area contributed by atoms with E-state index in [-0.39, 0.29) is 0 Å². The molecule has 2 saturated carbocycles. The van der Waals surface area contributed by atoms with Crippen LogP contribution in [0.4, 0.5) is 0 Å². The third-order valence-corrected chi connectivity index (χ3v) is 8.20. The first-order valence-electron chi connectivity index (χ1n) is 11.8. The molecule has 1 heteroatoms. The van der Waals surface area contributed by atoms with Gasteiger partial charge in [-0.25, -0.2) is 0 Å². The highest BCUT2D eigenvalue weighted by Crippen LogP contribution is 2.57. The van der Waals surface area contributed by atoms with E-state index in [1.807, 2.05) is 0 Å². The predicted molar refractivity (Wildman–Crippen MR) is 117 cm³/mol. The lowest BCUT2D eigenvalue weighted by molar-refractivity contribution is -0.0170. The van der Waals surface area contributed by atoms with Gasteiger partial charge in [0, 0.05) is 0 Å². The molecule has 0 spiro atoms. The van der Waals surface area contributed by atoms with Crippen LogP contribution in [-0.2, 0) is 0 Å². The van der Waals surface area contributed by atoms with E-state index >= 15 is 0 Å². The van der Waals surface area contributed by atoms with Crippen molar-refractivity contribution in [2.24, 2.45) is 16.7 Å². The van der Waals surface area contributed by atoms with Crippen LogP contribution in [0.25, 0.3) is 0 Å². The Balaban J connectivity index is 2.27. The smallest absolute Gasteiger partial charge is 0.00924 e. The molecule has 0 amide bonds. The molecule has 25 heavy (non-hydrogen) atoms. The molecule has 2 atom stereocenters. The van der Waals surface area contributed by atoms with E-state index in [0.29, 0.717) is 10.8 Å². The molecule has 0 aliphatic heterocycles. The van der Waals surface area contributed by atoms with Gasteiger partial charge < -0.3 is 0 Å². The summed E-state index contributed by atoms with van der Waals surface area (Å²) >= 11 is 4.78. The molecule has 0 nitrogen and oxygen atoms in total. The molecule has 0 aromatic rings. The molecular formula is C24H46S. The maximum absolute atomic E-state index is 4.78. The van der Waals surface area contributed by atoms with Gasteiger partial charge in [-0.2, -0.15) is 12.6 Å². The number of hydrogen-bond acceptors (Lipinski definition) is 1. The maximum atomic E-state index is 4.78. The van der Waals surface area contributed by atoms with Gasteiger partial charge in [-0.3, -0.25) is 0 Å². The molecule has 2 rings (SSSR count). The van der Waals surface area contributed by atoms with Crippen LogP contribution in [0.3, 0.4) is 0 Å². The quantitative estimate of drug-likeness (QED) is 0.463. The lowest BCUT2D eigenvalue weighted by atomic mass is 9.53. The maximum Gasteiger partial charge on any atom is -0.00924 e. The first kappa shape index (κ1) is 21.6. The van der Waals surface area contributed by atoms with Gasteiger partial charge in [0.15, 0.2) is 0 Å². The molecule has 2 aliphatic carbocycles. The zero-order chi connectivity index (χ0) is 18.0. The van der Waals surface area contributed by atoms with Gasteiger partial charge in [0.1, 0.15) is 0 Å². The average molecular weight is 367 g/mol. The van der Waals surface area contributed by atoms with Crippen LogP contribution in [-0.4, -0.2) is 5.75 Å². The molecular weight excluding hydrogens is 320 g/mol. The van der Waals surface area contributed by atoms with Gasteiger partial charge in [-0.15, -0.1) is 0 Å². The molecule has 2 fully saturated rings. The van der Waals surface area contributed by atoms with Crippen molar-refractivity contribution in [2.75, 3.05) is 5.75 Å². The van der Waals surface area contributed by atoms with Gasteiger partial charge >= 0.3 is 0 Å². The minimum atomic E-state index is 0.571. The summed E-state index contributed by atoms with van der Waals surface area (Å²) in [6, 6.07) is 0. The lowest BCUT2D eigenvalue weighted by Crippen LogP contribution is -2.43. The Kier molecular flexibility index (Phi) is 9.74. The van der Waals surface area contributed by atoms with E-state index in [1.54, 1.807) is 0 Å². The van der Waals surface area contributed by atoms with E-state index in [0.717, 1.165) is 11.7 Å². The molecule has 0 radical (unpaired) electrons. The van der Waals surface area contributed by atoms with Gasteiger partial charge in [-0.05, 0) is 54.6 Å². The van der Waals surface area contributed by atoms with Crippen LogP contribution in [0.1, 0.15) is 129 Å². The second kappa shape index (κ2) is 11.3. The van der Waals surface area contributed by atoms with Gasteiger partial charge in [0.25, 0.3) is 0 Å². The Morgan fingerprint density at radius 2 is 1.36 bits per heavy atom. The largest absolute Gasteiger partial charge is 0.179 e. The summed E-state index contributed by atoms with van der Waals surface area (Å²) in [4.78, 5) is 0. The Morgan fingerprint density at radius 3 is 1.96 bits per heavy atom. The molecule has 148 valence electrons. The summed E-state index contributed by atoms with van der Waals surface area (Å²) in [6.07, 6.45) is 26.5. The summed E-state index contributed by atoms with van der Waals surface area (Å²) in [5.41, 5.74) is 1.14. The summed E-state index contributed by atoms with van der Waals surface area (Å²) in [6.45, 7) is 5.10. The molecule has 2 unspecified atom stereocenters. The lowest BCUT2D eigenvalue weighted by Gasteiger charge is -2.52. The van der Waals surface area contributed by atoms with Crippen molar-refractivity contribution in [1.82, 2.24) is 0 Å². The standard InChI is InChI=1S/C24H46S/c1-3-14-22-15-10-6-4-9-13-18-24(21-22,19-20-25)23(2)16-11-7-5-8-12-17-23/h22,25H,3-21H2,1-2H3. The molecule has 0 heterocycles. The van der Waals surface area contributed by atoms with Gasteiger partial charge in [0.05, 0.1) is 0 Å². The third kappa shape index (κ3) is 6.18.